The molecule has 0 aliphatic rings. The van der Waals surface area contributed by atoms with E-state index in [0.717, 1.165) is 25.8 Å². The van der Waals surface area contributed by atoms with Crippen molar-refractivity contribution in [2.75, 3.05) is 13.1 Å². The Bertz CT molecular complexity index is 108. The van der Waals surface area contributed by atoms with E-state index in [9.17, 15) is 0 Å². The molecule has 6 N–H and O–H groups in total. The maximum Gasteiger partial charge on any atom is 0.0582 e. The van der Waals surface area contributed by atoms with Gasteiger partial charge < -0.3 is 17.2 Å². The van der Waals surface area contributed by atoms with Crippen LogP contribution in [0.1, 0.15) is 33.1 Å². The molecule has 13 heavy (non-hydrogen) atoms. The van der Waals surface area contributed by atoms with Gasteiger partial charge in [-0.15, -0.1) is 0 Å². The molecule has 0 radical (unpaired) electrons. The lowest BCUT2D eigenvalue weighted by Gasteiger charge is -2.32. The van der Waals surface area contributed by atoms with E-state index in [0.29, 0.717) is 6.54 Å². The molecule has 2 unspecified atom stereocenters. The lowest BCUT2D eigenvalue weighted by molar-refractivity contribution is 0.130. The minimum atomic E-state index is 0.0708. The number of hydrogen-bond acceptors (Lipinski definition) is 4. The summed E-state index contributed by atoms with van der Waals surface area (Å²) in [5, 5.41) is 0. The van der Waals surface area contributed by atoms with Gasteiger partial charge in [-0.2, -0.15) is 0 Å². The molecule has 0 rings (SSSR count). The van der Waals surface area contributed by atoms with Crippen LogP contribution in [0.2, 0.25) is 0 Å². The molecule has 4 nitrogen and oxygen atoms in total. The molecule has 4 heteroatoms. The Morgan fingerprint density at radius 3 is 1.85 bits per heavy atom. The van der Waals surface area contributed by atoms with Crippen molar-refractivity contribution in [2.45, 2.75) is 45.4 Å². The van der Waals surface area contributed by atoms with Crippen molar-refractivity contribution in [1.29, 1.82) is 0 Å². The van der Waals surface area contributed by atoms with Crippen LogP contribution in [-0.2, 0) is 0 Å². The summed E-state index contributed by atoms with van der Waals surface area (Å²) in [6.45, 7) is 5.74. The molecular formula is C9H24N4. The van der Waals surface area contributed by atoms with Gasteiger partial charge in [0, 0.05) is 6.54 Å². The average Bonchev–Trinajstić information content (AvgIpc) is 2.17. The first-order chi connectivity index (χ1) is 6.17. The summed E-state index contributed by atoms with van der Waals surface area (Å²) in [6, 6.07) is 0. The number of nitrogens with zero attached hydrogens (tertiary/aromatic N) is 1. The molecular weight excluding hydrogens is 164 g/mol. The van der Waals surface area contributed by atoms with Crippen molar-refractivity contribution in [3.63, 3.8) is 0 Å². The lowest BCUT2D eigenvalue weighted by Crippen LogP contribution is -2.52. The van der Waals surface area contributed by atoms with E-state index in [2.05, 4.69) is 18.7 Å². The minimum Gasteiger partial charge on any atom is -0.330 e. The molecule has 0 saturated carbocycles. The molecule has 0 aliphatic heterocycles. The first-order valence-corrected chi connectivity index (χ1v) is 5.14. The van der Waals surface area contributed by atoms with Gasteiger partial charge in [-0.25, -0.2) is 0 Å². The summed E-state index contributed by atoms with van der Waals surface area (Å²) < 4.78 is 0. The summed E-state index contributed by atoms with van der Waals surface area (Å²) in [6.07, 6.45) is 2.96. The maximum atomic E-state index is 5.94. The summed E-state index contributed by atoms with van der Waals surface area (Å²) in [5.41, 5.74) is 17.3. The van der Waals surface area contributed by atoms with E-state index in [-0.39, 0.29) is 12.3 Å². The Morgan fingerprint density at radius 2 is 1.54 bits per heavy atom. The molecule has 0 spiro atoms. The van der Waals surface area contributed by atoms with Crippen molar-refractivity contribution in [2.24, 2.45) is 17.2 Å². The SMILES string of the molecule is CCC(N)N(CCCN)C(N)CC. The van der Waals surface area contributed by atoms with Gasteiger partial charge in [-0.1, -0.05) is 13.8 Å². The van der Waals surface area contributed by atoms with Gasteiger partial charge in [-0.3, -0.25) is 4.90 Å². The molecule has 80 valence electrons. The van der Waals surface area contributed by atoms with Crippen LogP contribution in [0.3, 0.4) is 0 Å². The van der Waals surface area contributed by atoms with Crippen LogP contribution >= 0.6 is 0 Å². The van der Waals surface area contributed by atoms with E-state index in [4.69, 9.17) is 17.2 Å². The predicted octanol–water partition coefficient (Wildman–Crippen LogP) is 0.0268. The van der Waals surface area contributed by atoms with Crippen LogP contribution < -0.4 is 17.2 Å². The second-order valence-electron chi connectivity index (χ2n) is 3.33. The Hall–Kier alpha value is -0.160. The molecule has 0 fully saturated rings. The average molecular weight is 188 g/mol. The third-order valence-corrected chi connectivity index (χ3v) is 2.31. The van der Waals surface area contributed by atoms with Gasteiger partial charge in [0.2, 0.25) is 0 Å². The largest absolute Gasteiger partial charge is 0.330 e. The topological polar surface area (TPSA) is 81.3 Å². The molecule has 0 heterocycles. The molecule has 0 amide bonds. The van der Waals surface area contributed by atoms with Crippen molar-refractivity contribution in [3.05, 3.63) is 0 Å². The van der Waals surface area contributed by atoms with Gasteiger partial charge >= 0.3 is 0 Å². The number of hydrogen-bond donors (Lipinski definition) is 3. The summed E-state index contributed by atoms with van der Waals surface area (Å²) >= 11 is 0. The van der Waals surface area contributed by atoms with Crippen LogP contribution in [0.25, 0.3) is 0 Å². The first-order valence-electron chi connectivity index (χ1n) is 5.14. The highest BCUT2D eigenvalue weighted by Gasteiger charge is 2.17. The summed E-state index contributed by atoms with van der Waals surface area (Å²) in [5.74, 6) is 0. The summed E-state index contributed by atoms with van der Waals surface area (Å²) in [4.78, 5) is 2.13. The Kier molecular flexibility index (Phi) is 7.17. The molecule has 2 atom stereocenters. The van der Waals surface area contributed by atoms with Crippen molar-refractivity contribution in [1.82, 2.24) is 4.90 Å². The molecule has 0 aromatic carbocycles. The van der Waals surface area contributed by atoms with Crippen LogP contribution in [0.5, 0.6) is 0 Å². The van der Waals surface area contributed by atoms with Crippen molar-refractivity contribution >= 4 is 0 Å². The Balaban J connectivity index is 4.01. The molecule has 0 bridgehead atoms. The van der Waals surface area contributed by atoms with Crippen LogP contribution in [0.15, 0.2) is 0 Å². The normalized spacial score (nSPS) is 16.2. The maximum absolute atomic E-state index is 5.94. The molecule has 0 aliphatic carbocycles. The fraction of sp³-hybridized carbons (Fsp3) is 1.00. The minimum absolute atomic E-state index is 0.0708. The summed E-state index contributed by atoms with van der Waals surface area (Å²) in [7, 11) is 0. The van der Waals surface area contributed by atoms with Crippen LogP contribution in [0, 0.1) is 0 Å². The number of rotatable bonds is 7. The second-order valence-corrected chi connectivity index (χ2v) is 3.33. The number of nitrogens with two attached hydrogens (primary N) is 3. The zero-order valence-corrected chi connectivity index (χ0v) is 8.87. The third kappa shape index (κ3) is 4.57. The molecule has 0 aromatic rings. The fourth-order valence-electron chi connectivity index (χ4n) is 1.32. The van der Waals surface area contributed by atoms with E-state index in [1.807, 2.05) is 0 Å². The van der Waals surface area contributed by atoms with Gasteiger partial charge in [0.25, 0.3) is 0 Å². The fourth-order valence-corrected chi connectivity index (χ4v) is 1.32. The van der Waals surface area contributed by atoms with E-state index in [1.54, 1.807) is 0 Å². The van der Waals surface area contributed by atoms with E-state index >= 15 is 0 Å². The van der Waals surface area contributed by atoms with Gasteiger partial charge in [0.1, 0.15) is 0 Å². The quantitative estimate of drug-likeness (QED) is 0.492. The zero-order chi connectivity index (χ0) is 10.3. The molecule has 0 saturated heterocycles. The lowest BCUT2D eigenvalue weighted by atomic mass is 10.2. The highest BCUT2D eigenvalue weighted by Crippen LogP contribution is 2.04. The third-order valence-electron chi connectivity index (χ3n) is 2.31. The highest BCUT2D eigenvalue weighted by molar-refractivity contribution is 4.70. The molecule has 0 aromatic heterocycles. The zero-order valence-electron chi connectivity index (χ0n) is 8.87. The van der Waals surface area contributed by atoms with Gasteiger partial charge in [-0.05, 0) is 25.8 Å². The first kappa shape index (κ1) is 12.8. The van der Waals surface area contributed by atoms with Gasteiger partial charge in [0.05, 0.1) is 12.3 Å². The predicted molar refractivity (Wildman–Crippen MR) is 56.9 cm³/mol. The Labute approximate surface area is 81.4 Å². The van der Waals surface area contributed by atoms with E-state index < -0.39 is 0 Å². The highest BCUT2D eigenvalue weighted by atomic mass is 15.3. The smallest absolute Gasteiger partial charge is 0.0582 e. The van der Waals surface area contributed by atoms with E-state index in [1.165, 1.54) is 0 Å². The van der Waals surface area contributed by atoms with Crippen molar-refractivity contribution < 1.29 is 0 Å². The van der Waals surface area contributed by atoms with Crippen LogP contribution in [0.4, 0.5) is 0 Å². The van der Waals surface area contributed by atoms with Crippen molar-refractivity contribution in [3.8, 4) is 0 Å². The van der Waals surface area contributed by atoms with Crippen LogP contribution in [-0.4, -0.2) is 30.3 Å². The standard InChI is InChI=1S/C9H24N4/c1-3-8(11)13(7-5-6-10)9(12)4-2/h8-9H,3-7,10-12H2,1-2H3. The second kappa shape index (κ2) is 7.26. The Morgan fingerprint density at radius 1 is 1.08 bits per heavy atom. The monoisotopic (exact) mass is 188 g/mol. The van der Waals surface area contributed by atoms with Gasteiger partial charge in [0.15, 0.2) is 0 Å².